The van der Waals surface area contributed by atoms with Gasteiger partial charge in [0.2, 0.25) is 5.96 Å². The van der Waals surface area contributed by atoms with Crippen LogP contribution in [-0.2, 0) is 10.0 Å². The van der Waals surface area contributed by atoms with Crippen molar-refractivity contribution in [1.29, 1.82) is 0 Å². The molecule has 1 atom stereocenters. The molecule has 0 saturated carbocycles. The molecule has 4 rings (SSSR count). The van der Waals surface area contributed by atoms with Gasteiger partial charge in [-0.1, -0.05) is 41.9 Å². The standard InChI is InChI=1S/C18H18ClN5O2S.H2O/c1-23-16-11-20-17(12-6-4-3-5-7-12)14-10-13(19)8-9-15(14)24(16)18(21-23)22-27(2,25)26;/h3-10,16H,11H2,1-2H3,(H,21,22);1H2. The molecule has 0 radical (unpaired) electrons. The van der Waals surface area contributed by atoms with Gasteiger partial charge in [0.1, 0.15) is 6.17 Å². The van der Waals surface area contributed by atoms with Crippen LogP contribution in [0.3, 0.4) is 0 Å². The van der Waals surface area contributed by atoms with Crippen LogP contribution in [0.2, 0.25) is 5.02 Å². The van der Waals surface area contributed by atoms with Gasteiger partial charge >= 0.3 is 0 Å². The average molecular weight is 422 g/mol. The van der Waals surface area contributed by atoms with Crippen molar-refractivity contribution >= 4 is 39.0 Å². The molecular formula is C18H20ClN5O3S. The van der Waals surface area contributed by atoms with E-state index >= 15 is 0 Å². The highest BCUT2D eigenvalue weighted by molar-refractivity contribution is 7.89. The maximum atomic E-state index is 11.8. The Balaban J connectivity index is 0.00000225. The largest absolute Gasteiger partial charge is 0.412 e. The smallest absolute Gasteiger partial charge is 0.253 e. The number of benzene rings is 2. The third-order valence-corrected chi connectivity index (χ3v) is 5.17. The minimum Gasteiger partial charge on any atom is -0.412 e. The van der Waals surface area contributed by atoms with Gasteiger partial charge in [-0.2, -0.15) is 5.01 Å². The summed E-state index contributed by atoms with van der Waals surface area (Å²) in [4.78, 5) is 6.68. The number of aliphatic imine (C=N–C) groups is 1. The molecule has 0 aliphatic carbocycles. The number of sulfonamides is 1. The van der Waals surface area contributed by atoms with E-state index in [1.165, 1.54) is 0 Å². The Morgan fingerprint density at radius 2 is 1.93 bits per heavy atom. The number of hydrogen-bond donors (Lipinski definition) is 1. The van der Waals surface area contributed by atoms with Crippen LogP contribution in [0.4, 0.5) is 5.69 Å². The third-order valence-electron chi connectivity index (χ3n) is 4.44. The highest BCUT2D eigenvalue weighted by atomic mass is 35.5. The summed E-state index contributed by atoms with van der Waals surface area (Å²) in [6.07, 6.45) is 0.855. The predicted octanol–water partition coefficient (Wildman–Crippen LogP) is 1.26. The molecule has 1 unspecified atom stereocenters. The summed E-state index contributed by atoms with van der Waals surface area (Å²) in [6.45, 7) is 0.433. The highest BCUT2D eigenvalue weighted by Crippen LogP contribution is 2.33. The van der Waals surface area contributed by atoms with Gasteiger partial charge in [0.15, 0.2) is 0 Å². The van der Waals surface area contributed by atoms with Crippen molar-refractivity contribution in [2.24, 2.45) is 9.39 Å². The first-order chi connectivity index (χ1) is 12.8. The topological polar surface area (TPSA) is 109 Å². The molecule has 8 nitrogen and oxygen atoms in total. The van der Waals surface area contributed by atoms with Crippen LogP contribution in [0.1, 0.15) is 11.1 Å². The number of nitrogens with one attached hydrogen (secondary N) is 1. The number of rotatable bonds is 2. The second-order valence-corrected chi connectivity index (χ2v) is 8.52. The van der Waals surface area contributed by atoms with Crippen molar-refractivity contribution in [3.63, 3.8) is 0 Å². The zero-order valence-electron chi connectivity index (χ0n) is 15.3. The molecule has 10 heteroatoms. The van der Waals surface area contributed by atoms with Crippen LogP contribution in [0, 0.1) is 0 Å². The van der Waals surface area contributed by atoms with Gasteiger partial charge in [-0.3, -0.25) is 15.3 Å². The van der Waals surface area contributed by atoms with Crippen LogP contribution >= 0.6 is 11.6 Å². The molecule has 28 heavy (non-hydrogen) atoms. The van der Waals surface area contributed by atoms with Crippen molar-refractivity contribution in [2.45, 2.75) is 6.17 Å². The number of hydrogen-bond acceptors (Lipinski definition) is 4. The fourth-order valence-corrected chi connectivity index (χ4v) is 3.92. The molecule has 0 amide bonds. The number of anilines is 1. The van der Waals surface area contributed by atoms with E-state index < -0.39 is 10.0 Å². The van der Waals surface area contributed by atoms with E-state index in [1.807, 2.05) is 54.4 Å². The van der Waals surface area contributed by atoms with E-state index in [4.69, 9.17) is 16.6 Å². The van der Waals surface area contributed by atoms with E-state index in [9.17, 15) is 8.42 Å². The average Bonchev–Trinajstić information content (AvgIpc) is 2.80. The molecule has 0 spiro atoms. The zero-order valence-corrected chi connectivity index (χ0v) is 16.9. The lowest BCUT2D eigenvalue weighted by Gasteiger charge is -2.25. The molecule has 0 aromatic heterocycles. The molecule has 0 bridgehead atoms. The lowest BCUT2D eigenvalue weighted by atomic mass is 10.0. The summed E-state index contributed by atoms with van der Waals surface area (Å²) >= 11 is 6.27. The van der Waals surface area contributed by atoms with Crippen molar-refractivity contribution in [2.75, 3.05) is 24.7 Å². The van der Waals surface area contributed by atoms with Crippen molar-refractivity contribution in [3.8, 4) is 0 Å². The van der Waals surface area contributed by atoms with E-state index in [0.717, 1.165) is 28.8 Å². The normalized spacial score (nSPS) is 20.5. The molecule has 2 aliphatic heterocycles. The second-order valence-electron chi connectivity index (χ2n) is 6.44. The van der Waals surface area contributed by atoms with Gasteiger partial charge in [0.05, 0.1) is 24.2 Å². The quantitative estimate of drug-likeness (QED) is 0.785. The highest BCUT2D eigenvalue weighted by Gasteiger charge is 2.39. The first-order valence-electron chi connectivity index (χ1n) is 8.32. The van der Waals surface area contributed by atoms with Gasteiger partial charge in [0.25, 0.3) is 10.0 Å². The fourth-order valence-electron chi connectivity index (χ4n) is 3.31. The fraction of sp³-hybridized carbons (Fsp3) is 0.222. The van der Waals surface area contributed by atoms with Gasteiger partial charge in [-0.05, 0) is 18.2 Å². The number of halogens is 1. The second kappa shape index (κ2) is 7.51. The number of guanidine groups is 1. The Morgan fingerprint density at radius 3 is 2.61 bits per heavy atom. The van der Waals surface area contributed by atoms with Crippen LogP contribution < -0.4 is 10.3 Å². The third kappa shape index (κ3) is 3.74. The Hall–Kier alpha value is -2.46. The lowest BCUT2D eigenvalue weighted by Crippen LogP contribution is -2.40. The van der Waals surface area contributed by atoms with Gasteiger partial charge in [-0.25, -0.2) is 8.42 Å². The Kier molecular flexibility index (Phi) is 5.44. The van der Waals surface area contributed by atoms with E-state index in [0.29, 0.717) is 11.6 Å². The minimum atomic E-state index is -3.58. The predicted molar refractivity (Wildman–Crippen MR) is 111 cm³/mol. The molecule has 2 aliphatic rings. The summed E-state index contributed by atoms with van der Waals surface area (Å²) in [6, 6.07) is 15.3. The van der Waals surface area contributed by atoms with Gasteiger partial charge < -0.3 is 5.48 Å². The summed E-state index contributed by atoms with van der Waals surface area (Å²) in [5.41, 5.74) is 6.43. The van der Waals surface area contributed by atoms with Gasteiger partial charge in [-0.15, -0.1) is 4.40 Å². The maximum Gasteiger partial charge on any atom is 0.253 e. The van der Waals surface area contributed by atoms with E-state index in [1.54, 1.807) is 11.1 Å². The molecule has 2 heterocycles. The van der Waals surface area contributed by atoms with Gasteiger partial charge in [0, 0.05) is 23.2 Å². The molecule has 2 aromatic rings. The molecule has 2 aromatic carbocycles. The molecule has 1 fully saturated rings. The number of nitrogens with zero attached hydrogens (tertiary/aromatic N) is 4. The van der Waals surface area contributed by atoms with E-state index in [2.05, 4.69) is 9.82 Å². The molecule has 148 valence electrons. The van der Waals surface area contributed by atoms with Crippen LogP contribution in [0.15, 0.2) is 57.9 Å². The molecular weight excluding hydrogens is 402 g/mol. The summed E-state index contributed by atoms with van der Waals surface area (Å²) in [7, 11) is -1.74. The molecule has 1 saturated heterocycles. The summed E-state index contributed by atoms with van der Waals surface area (Å²) in [5.74, 6) is 0.248. The SMILES string of the molecule is CN1NC(=NS(C)(=O)=O)N2c3ccc(Cl)cc3C(c3ccccc3)=NCC12.O. The van der Waals surface area contributed by atoms with Crippen molar-refractivity contribution in [3.05, 3.63) is 64.7 Å². The van der Waals surface area contributed by atoms with Crippen LogP contribution in [-0.4, -0.2) is 56.6 Å². The van der Waals surface area contributed by atoms with Crippen molar-refractivity contribution in [1.82, 2.24) is 10.4 Å². The number of likely N-dealkylation sites (N-methyl/N-ethyl adjacent to an activating group) is 1. The maximum absolute atomic E-state index is 11.8. The van der Waals surface area contributed by atoms with E-state index in [-0.39, 0.29) is 17.6 Å². The van der Waals surface area contributed by atoms with Crippen molar-refractivity contribution < 1.29 is 13.9 Å². The first kappa shape index (κ1) is 20.3. The lowest BCUT2D eigenvalue weighted by molar-refractivity contribution is 0.254. The zero-order chi connectivity index (χ0) is 19.2. The monoisotopic (exact) mass is 421 g/mol. The minimum absolute atomic E-state index is 0. The summed E-state index contributed by atoms with van der Waals surface area (Å²) < 4.78 is 27.4. The van der Waals surface area contributed by atoms with Crippen LogP contribution in [0.25, 0.3) is 0 Å². The number of hydrazine groups is 1. The Bertz CT molecular complexity index is 1060. The first-order valence-corrected chi connectivity index (χ1v) is 10.5. The van der Waals surface area contributed by atoms with Crippen LogP contribution in [0.5, 0.6) is 0 Å². The number of fused-ring (bicyclic) bond motifs is 3. The molecule has 3 N–H and O–H groups in total. The Morgan fingerprint density at radius 1 is 1.21 bits per heavy atom. The Labute approximate surface area is 168 Å². The summed E-state index contributed by atoms with van der Waals surface area (Å²) in [5, 5.41) is 2.39.